The van der Waals surface area contributed by atoms with E-state index in [9.17, 15) is 9.59 Å². The molecule has 2 unspecified atom stereocenters. The number of carbonyl (C=O) groups is 2. The van der Waals surface area contributed by atoms with Crippen LogP contribution in [0.4, 0.5) is 17.1 Å². The van der Waals surface area contributed by atoms with Gasteiger partial charge in [0.25, 0.3) is 5.91 Å². The minimum Gasteiger partial charge on any atom is -0.455 e. The maximum absolute atomic E-state index is 12.0. The lowest BCUT2D eigenvalue weighted by Gasteiger charge is -2.29. The fraction of sp³-hybridized carbons (Fsp3) is 0.364. The van der Waals surface area contributed by atoms with E-state index >= 15 is 0 Å². The van der Waals surface area contributed by atoms with Gasteiger partial charge in [0.2, 0.25) is 0 Å². The molecule has 0 aromatic heterocycles. The maximum atomic E-state index is 12.0. The molecular formula is C22H26N2O3. The molecule has 1 saturated carbocycles. The van der Waals surface area contributed by atoms with Crippen molar-refractivity contribution in [3.05, 3.63) is 54.6 Å². The molecule has 2 atom stereocenters. The zero-order valence-electron chi connectivity index (χ0n) is 16.0. The zero-order chi connectivity index (χ0) is 19.4. The van der Waals surface area contributed by atoms with Gasteiger partial charge >= 0.3 is 5.97 Å². The smallest absolute Gasteiger partial charge is 0.309 e. The van der Waals surface area contributed by atoms with E-state index in [1.807, 2.05) is 49.4 Å². The third-order valence-electron chi connectivity index (χ3n) is 4.74. The molecular weight excluding hydrogens is 340 g/mol. The van der Waals surface area contributed by atoms with Gasteiger partial charge in [-0.05, 0) is 62.6 Å². The first-order valence-corrected chi connectivity index (χ1v) is 9.36. The van der Waals surface area contributed by atoms with Crippen LogP contribution in [0.5, 0.6) is 0 Å². The Bertz CT molecular complexity index is 787. The Morgan fingerprint density at radius 1 is 1.07 bits per heavy atom. The molecule has 1 aliphatic carbocycles. The fourth-order valence-electron chi connectivity index (χ4n) is 3.13. The number of para-hydroxylation sites is 1. The van der Waals surface area contributed by atoms with Crippen LogP contribution in [0, 0.1) is 11.8 Å². The minimum absolute atomic E-state index is 0.0305. The maximum Gasteiger partial charge on any atom is 0.309 e. The van der Waals surface area contributed by atoms with Crippen molar-refractivity contribution in [1.82, 2.24) is 0 Å². The van der Waals surface area contributed by atoms with E-state index in [1.165, 1.54) is 0 Å². The molecule has 1 fully saturated rings. The standard InChI is InChI=1S/C22H26N2O3/c1-15(2)24(18-7-5-4-6-8-18)19-11-9-17(10-12-19)23-21(25)14-27-22(26)20-13-16(20)3/h4-12,15-16,20H,13-14H2,1-3H3,(H,23,25). The Kier molecular flexibility index (Phi) is 5.79. The Morgan fingerprint density at radius 2 is 1.67 bits per heavy atom. The van der Waals surface area contributed by atoms with Crippen molar-refractivity contribution in [2.24, 2.45) is 11.8 Å². The second-order valence-corrected chi connectivity index (χ2v) is 7.32. The molecule has 0 radical (unpaired) electrons. The normalized spacial score (nSPS) is 18.1. The highest BCUT2D eigenvalue weighted by Gasteiger charge is 2.40. The van der Waals surface area contributed by atoms with Crippen molar-refractivity contribution in [3.63, 3.8) is 0 Å². The Labute approximate surface area is 160 Å². The lowest BCUT2D eigenvalue weighted by Crippen LogP contribution is -2.25. The summed E-state index contributed by atoms with van der Waals surface area (Å²) in [6.07, 6.45) is 0.857. The highest BCUT2D eigenvalue weighted by molar-refractivity contribution is 5.93. The summed E-state index contributed by atoms with van der Waals surface area (Å²) in [6.45, 7) is 6.03. The number of nitrogens with zero attached hydrogens (tertiary/aromatic N) is 1. The van der Waals surface area contributed by atoms with E-state index in [0.29, 0.717) is 11.6 Å². The molecule has 5 nitrogen and oxygen atoms in total. The average Bonchev–Trinajstić information content (AvgIpc) is 3.39. The first-order chi connectivity index (χ1) is 13.0. The highest BCUT2D eigenvalue weighted by Crippen LogP contribution is 2.38. The second kappa shape index (κ2) is 8.25. The van der Waals surface area contributed by atoms with Crippen LogP contribution in [-0.2, 0) is 14.3 Å². The molecule has 0 heterocycles. The van der Waals surface area contributed by atoms with Gasteiger partial charge in [0, 0.05) is 23.1 Å². The molecule has 1 N–H and O–H groups in total. The summed E-state index contributed by atoms with van der Waals surface area (Å²) in [5.74, 6) is -0.254. The Morgan fingerprint density at radius 3 is 2.22 bits per heavy atom. The number of carbonyl (C=O) groups excluding carboxylic acids is 2. The van der Waals surface area contributed by atoms with Crippen molar-refractivity contribution in [2.45, 2.75) is 33.2 Å². The van der Waals surface area contributed by atoms with Gasteiger partial charge in [-0.3, -0.25) is 9.59 Å². The third-order valence-corrected chi connectivity index (χ3v) is 4.74. The molecule has 27 heavy (non-hydrogen) atoms. The molecule has 0 aliphatic heterocycles. The van der Waals surface area contributed by atoms with Crippen molar-refractivity contribution in [3.8, 4) is 0 Å². The summed E-state index contributed by atoms with van der Waals surface area (Å²) >= 11 is 0. The van der Waals surface area contributed by atoms with E-state index in [2.05, 4.69) is 36.2 Å². The molecule has 0 saturated heterocycles. The van der Waals surface area contributed by atoms with Crippen LogP contribution in [-0.4, -0.2) is 24.5 Å². The number of rotatable bonds is 7. The number of amides is 1. The van der Waals surface area contributed by atoms with Gasteiger partial charge in [-0.25, -0.2) is 0 Å². The van der Waals surface area contributed by atoms with E-state index in [1.54, 1.807) is 0 Å². The van der Waals surface area contributed by atoms with Crippen LogP contribution < -0.4 is 10.2 Å². The van der Waals surface area contributed by atoms with Crippen molar-refractivity contribution in [2.75, 3.05) is 16.8 Å². The van der Waals surface area contributed by atoms with E-state index in [0.717, 1.165) is 17.8 Å². The third kappa shape index (κ3) is 4.88. The van der Waals surface area contributed by atoms with Gasteiger partial charge in [0.1, 0.15) is 0 Å². The molecule has 2 aromatic carbocycles. The topological polar surface area (TPSA) is 58.6 Å². The van der Waals surface area contributed by atoms with E-state index in [4.69, 9.17) is 4.74 Å². The molecule has 0 bridgehead atoms. The predicted molar refractivity (Wildman–Crippen MR) is 107 cm³/mol. The summed E-state index contributed by atoms with van der Waals surface area (Å²) in [5.41, 5.74) is 2.84. The Hall–Kier alpha value is -2.82. The van der Waals surface area contributed by atoms with Crippen LogP contribution >= 0.6 is 0 Å². The molecule has 1 aliphatic rings. The van der Waals surface area contributed by atoms with E-state index < -0.39 is 0 Å². The fourth-order valence-corrected chi connectivity index (χ4v) is 3.13. The number of anilines is 3. The van der Waals surface area contributed by atoms with Crippen LogP contribution in [0.2, 0.25) is 0 Å². The number of nitrogens with one attached hydrogen (secondary N) is 1. The summed E-state index contributed by atoms with van der Waals surface area (Å²) in [7, 11) is 0. The van der Waals surface area contributed by atoms with Crippen LogP contribution in [0.3, 0.4) is 0 Å². The molecule has 142 valence electrons. The van der Waals surface area contributed by atoms with Crippen LogP contribution in [0.25, 0.3) is 0 Å². The van der Waals surface area contributed by atoms with Gasteiger partial charge in [0.15, 0.2) is 6.61 Å². The largest absolute Gasteiger partial charge is 0.455 e. The molecule has 3 rings (SSSR count). The lowest BCUT2D eigenvalue weighted by molar-refractivity contribution is -0.148. The first-order valence-electron chi connectivity index (χ1n) is 9.36. The van der Waals surface area contributed by atoms with Gasteiger partial charge in [0.05, 0.1) is 5.92 Å². The van der Waals surface area contributed by atoms with Gasteiger partial charge in [-0.1, -0.05) is 25.1 Å². The summed E-state index contributed by atoms with van der Waals surface area (Å²) < 4.78 is 5.06. The summed E-state index contributed by atoms with van der Waals surface area (Å²) in [4.78, 5) is 25.9. The molecule has 1 amide bonds. The van der Waals surface area contributed by atoms with Crippen LogP contribution in [0.15, 0.2) is 54.6 Å². The summed E-state index contributed by atoms with van der Waals surface area (Å²) in [6, 6.07) is 18.1. The van der Waals surface area contributed by atoms with Gasteiger partial charge in [-0.15, -0.1) is 0 Å². The van der Waals surface area contributed by atoms with Crippen molar-refractivity contribution >= 4 is 28.9 Å². The van der Waals surface area contributed by atoms with Gasteiger partial charge in [-0.2, -0.15) is 0 Å². The van der Waals surface area contributed by atoms with Crippen molar-refractivity contribution < 1.29 is 14.3 Å². The quantitative estimate of drug-likeness (QED) is 0.739. The number of hydrogen-bond donors (Lipinski definition) is 1. The van der Waals surface area contributed by atoms with Crippen LogP contribution in [0.1, 0.15) is 27.2 Å². The highest BCUT2D eigenvalue weighted by atomic mass is 16.5. The zero-order valence-corrected chi connectivity index (χ0v) is 16.0. The number of benzene rings is 2. The summed E-state index contributed by atoms with van der Waals surface area (Å²) in [5, 5.41) is 2.77. The monoisotopic (exact) mass is 366 g/mol. The van der Waals surface area contributed by atoms with E-state index in [-0.39, 0.29) is 30.4 Å². The predicted octanol–water partition coefficient (Wildman–Crippen LogP) is 4.37. The van der Waals surface area contributed by atoms with Gasteiger partial charge < -0.3 is 15.0 Å². The second-order valence-electron chi connectivity index (χ2n) is 7.32. The SMILES string of the molecule is CC1CC1C(=O)OCC(=O)Nc1ccc(N(c2ccccc2)C(C)C)cc1. The molecule has 0 spiro atoms. The lowest BCUT2D eigenvalue weighted by atomic mass is 10.2. The molecule has 2 aromatic rings. The number of ether oxygens (including phenoxy) is 1. The minimum atomic E-state index is -0.326. The number of hydrogen-bond acceptors (Lipinski definition) is 4. The Balaban J connectivity index is 1.59. The molecule has 5 heteroatoms. The van der Waals surface area contributed by atoms with Crippen molar-refractivity contribution in [1.29, 1.82) is 0 Å². The average molecular weight is 366 g/mol. The first kappa shape index (κ1) is 19.0. The number of esters is 1.